The molecule has 0 saturated heterocycles. The number of nitrogens with zero attached hydrogens (tertiary/aromatic N) is 1. The van der Waals surface area contributed by atoms with Gasteiger partial charge in [0.05, 0.1) is 6.54 Å². The van der Waals surface area contributed by atoms with E-state index < -0.39 is 6.04 Å². The summed E-state index contributed by atoms with van der Waals surface area (Å²) in [7, 11) is 0. The Balaban J connectivity index is 1.95. The Kier molecular flexibility index (Phi) is 5.07. The zero-order valence-corrected chi connectivity index (χ0v) is 15.0. The lowest BCUT2D eigenvalue weighted by molar-refractivity contribution is -0.126. The Morgan fingerprint density at radius 3 is 2.81 bits per heavy atom. The summed E-state index contributed by atoms with van der Waals surface area (Å²) in [6.07, 6.45) is 1.68. The highest BCUT2D eigenvalue weighted by Gasteiger charge is 2.38. The average molecular weight is 350 g/mol. The number of aryl methyl sites for hydroxylation is 1. The molecule has 0 unspecified atom stereocenters. The van der Waals surface area contributed by atoms with Gasteiger partial charge in [0.25, 0.3) is 5.91 Å². The van der Waals surface area contributed by atoms with E-state index in [1.165, 1.54) is 6.92 Å². The van der Waals surface area contributed by atoms with Crippen LogP contribution in [-0.4, -0.2) is 18.4 Å². The Morgan fingerprint density at radius 2 is 2.08 bits per heavy atom. The second kappa shape index (κ2) is 7.44. The molecule has 0 bridgehead atoms. The van der Waals surface area contributed by atoms with Crippen LogP contribution >= 0.6 is 0 Å². The predicted molar refractivity (Wildman–Crippen MR) is 101 cm³/mol. The van der Waals surface area contributed by atoms with Crippen molar-refractivity contribution in [1.82, 2.24) is 5.32 Å². The van der Waals surface area contributed by atoms with Crippen molar-refractivity contribution < 1.29 is 14.3 Å². The standard InChI is InChI=1S/C21H22N2O3/c1-4-11-26-19-8-6-5-7-16(19)13-23-18-10-9-14(2)12-17(18)20(21(23)25)22-15(3)24/h4-10,12,20H,1,11,13H2,2-3H3,(H,22,24)/t20-/m0/s1. The molecule has 5 nitrogen and oxygen atoms in total. The van der Waals surface area contributed by atoms with Gasteiger partial charge >= 0.3 is 0 Å². The van der Waals surface area contributed by atoms with Gasteiger partial charge in [-0.25, -0.2) is 0 Å². The second-order valence-electron chi connectivity index (χ2n) is 6.33. The van der Waals surface area contributed by atoms with Crippen LogP contribution in [0.3, 0.4) is 0 Å². The van der Waals surface area contributed by atoms with Crippen molar-refractivity contribution in [2.45, 2.75) is 26.4 Å². The number of hydrogen-bond acceptors (Lipinski definition) is 3. The molecule has 0 aromatic heterocycles. The molecule has 1 aliphatic rings. The SMILES string of the molecule is C=CCOc1ccccc1CN1C(=O)[C@@H](NC(C)=O)c2cc(C)ccc21. The lowest BCUT2D eigenvalue weighted by atomic mass is 10.1. The largest absolute Gasteiger partial charge is 0.489 e. The minimum atomic E-state index is -0.649. The molecule has 1 atom stereocenters. The van der Waals surface area contributed by atoms with Crippen LogP contribution in [0.25, 0.3) is 0 Å². The highest BCUT2D eigenvalue weighted by Crippen LogP contribution is 2.38. The summed E-state index contributed by atoms with van der Waals surface area (Å²) in [5, 5.41) is 2.76. The van der Waals surface area contributed by atoms with Crippen LogP contribution in [0.5, 0.6) is 5.75 Å². The summed E-state index contributed by atoms with van der Waals surface area (Å²) in [6.45, 7) is 7.83. The maximum absolute atomic E-state index is 13.0. The zero-order chi connectivity index (χ0) is 18.7. The van der Waals surface area contributed by atoms with Crippen molar-refractivity contribution in [3.63, 3.8) is 0 Å². The summed E-state index contributed by atoms with van der Waals surface area (Å²) in [5.74, 6) is 0.350. The number of benzene rings is 2. The van der Waals surface area contributed by atoms with Crippen LogP contribution in [0.2, 0.25) is 0 Å². The van der Waals surface area contributed by atoms with Crippen LogP contribution in [-0.2, 0) is 16.1 Å². The van der Waals surface area contributed by atoms with Crippen molar-refractivity contribution in [1.29, 1.82) is 0 Å². The minimum absolute atomic E-state index is 0.140. The van der Waals surface area contributed by atoms with Gasteiger partial charge in [-0.05, 0) is 19.1 Å². The Bertz CT molecular complexity index is 860. The van der Waals surface area contributed by atoms with E-state index in [1.807, 2.05) is 49.4 Å². The fourth-order valence-corrected chi connectivity index (χ4v) is 3.16. The van der Waals surface area contributed by atoms with E-state index in [0.717, 1.165) is 28.1 Å². The van der Waals surface area contributed by atoms with Crippen molar-refractivity contribution in [3.8, 4) is 5.75 Å². The summed E-state index contributed by atoms with van der Waals surface area (Å²) in [5.41, 5.74) is 3.59. The van der Waals surface area contributed by atoms with Crippen molar-refractivity contribution in [2.75, 3.05) is 11.5 Å². The first-order valence-corrected chi connectivity index (χ1v) is 8.52. The molecule has 0 spiro atoms. The lowest BCUT2D eigenvalue weighted by Crippen LogP contribution is -2.36. The van der Waals surface area contributed by atoms with E-state index in [2.05, 4.69) is 11.9 Å². The molecule has 3 rings (SSSR count). The summed E-state index contributed by atoms with van der Waals surface area (Å²) >= 11 is 0. The number of rotatable bonds is 6. The third kappa shape index (κ3) is 3.47. The van der Waals surface area contributed by atoms with Crippen LogP contribution < -0.4 is 15.0 Å². The molecule has 2 amide bonds. The maximum Gasteiger partial charge on any atom is 0.254 e. The van der Waals surface area contributed by atoms with Gasteiger partial charge < -0.3 is 15.0 Å². The monoisotopic (exact) mass is 350 g/mol. The average Bonchev–Trinajstić information content (AvgIpc) is 2.86. The van der Waals surface area contributed by atoms with Gasteiger partial charge in [-0.3, -0.25) is 9.59 Å². The molecule has 134 valence electrons. The van der Waals surface area contributed by atoms with E-state index in [-0.39, 0.29) is 11.8 Å². The van der Waals surface area contributed by atoms with Gasteiger partial charge in [-0.2, -0.15) is 0 Å². The molecular formula is C21H22N2O3. The first kappa shape index (κ1) is 17.7. The second-order valence-corrected chi connectivity index (χ2v) is 6.33. The topological polar surface area (TPSA) is 58.6 Å². The first-order chi connectivity index (χ1) is 12.5. The molecule has 0 aliphatic carbocycles. The molecule has 26 heavy (non-hydrogen) atoms. The predicted octanol–water partition coefficient (Wildman–Crippen LogP) is 3.28. The number of fused-ring (bicyclic) bond motifs is 1. The van der Waals surface area contributed by atoms with Gasteiger partial charge in [0.1, 0.15) is 18.4 Å². The van der Waals surface area contributed by atoms with E-state index in [9.17, 15) is 9.59 Å². The van der Waals surface area contributed by atoms with Crippen molar-refractivity contribution in [2.24, 2.45) is 0 Å². The van der Waals surface area contributed by atoms with E-state index in [1.54, 1.807) is 11.0 Å². The molecule has 0 radical (unpaired) electrons. The Labute approximate surface area is 153 Å². The Hall–Kier alpha value is -3.08. The molecule has 0 fully saturated rings. The quantitative estimate of drug-likeness (QED) is 0.814. The molecule has 1 heterocycles. The first-order valence-electron chi connectivity index (χ1n) is 8.52. The minimum Gasteiger partial charge on any atom is -0.489 e. The van der Waals surface area contributed by atoms with Crippen LogP contribution in [0, 0.1) is 6.92 Å². The van der Waals surface area contributed by atoms with Crippen molar-refractivity contribution in [3.05, 3.63) is 71.8 Å². The zero-order valence-electron chi connectivity index (χ0n) is 15.0. The van der Waals surface area contributed by atoms with Gasteiger partial charge in [-0.15, -0.1) is 0 Å². The highest BCUT2D eigenvalue weighted by atomic mass is 16.5. The number of ether oxygens (including phenoxy) is 1. The van der Waals surface area contributed by atoms with Gasteiger partial charge in [-0.1, -0.05) is 48.6 Å². The number of amides is 2. The third-order valence-electron chi connectivity index (χ3n) is 4.30. The van der Waals surface area contributed by atoms with Crippen LogP contribution in [0.15, 0.2) is 55.1 Å². The van der Waals surface area contributed by atoms with Gasteiger partial charge in [0.15, 0.2) is 0 Å². The van der Waals surface area contributed by atoms with Crippen LogP contribution in [0.1, 0.15) is 29.7 Å². The smallest absolute Gasteiger partial charge is 0.254 e. The summed E-state index contributed by atoms with van der Waals surface area (Å²) < 4.78 is 5.70. The Morgan fingerprint density at radius 1 is 1.31 bits per heavy atom. The summed E-state index contributed by atoms with van der Waals surface area (Å²) in [6, 6.07) is 12.8. The molecule has 2 aromatic rings. The third-order valence-corrected chi connectivity index (χ3v) is 4.30. The van der Waals surface area contributed by atoms with E-state index in [0.29, 0.717) is 13.2 Å². The fourth-order valence-electron chi connectivity index (χ4n) is 3.16. The highest BCUT2D eigenvalue weighted by molar-refractivity contribution is 6.06. The van der Waals surface area contributed by atoms with Crippen molar-refractivity contribution >= 4 is 17.5 Å². The maximum atomic E-state index is 13.0. The number of carbonyl (C=O) groups excluding carboxylic acids is 2. The number of para-hydroxylation sites is 1. The number of anilines is 1. The van der Waals surface area contributed by atoms with E-state index in [4.69, 9.17) is 4.74 Å². The fraction of sp³-hybridized carbons (Fsp3) is 0.238. The van der Waals surface area contributed by atoms with Gasteiger partial charge in [0.2, 0.25) is 5.91 Å². The normalized spacial score (nSPS) is 15.5. The van der Waals surface area contributed by atoms with Crippen LogP contribution in [0.4, 0.5) is 5.69 Å². The number of nitrogens with one attached hydrogen (secondary N) is 1. The van der Waals surface area contributed by atoms with E-state index >= 15 is 0 Å². The summed E-state index contributed by atoms with van der Waals surface area (Å²) in [4.78, 5) is 26.3. The molecule has 1 N–H and O–H groups in total. The molecule has 5 heteroatoms. The lowest BCUT2D eigenvalue weighted by Gasteiger charge is -2.20. The molecule has 0 saturated carbocycles. The van der Waals surface area contributed by atoms with Gasteiger partial charge in [0, 0.05) is 23.7 Å². The number of hydrogen-bond donors (Lipinski definition) is 1. The number of carbonyl (C=O) groups is 2. The molecule has 1 aliphatic heterocycles. The molecular weight excluding hydrogens is 328 g/mol. The molecule has 2 aromatic carbocycles.